The normalized spacial score (nSPS) is 11.0. The van der Waals surface area contributed by atoms with Crippen molar-refractivity contribution in [1.29, 1.82) is 0 Å². The van der Waals surface area contributed by atoms with Gasteiger partial charge in [0.15, 0.2) is 5.65 Å². The monoisotopic (exact) mass is 302 g/mol. The lowest BCUT2D eigenvalue weighted by molar-refractivity contribution is 0.0526. The fraction of sp³-hybridized carbons (Fsp3) is 0.214. The fourth-order valence-electron chi connectivity index (χ4n) is 2.31. The van der Waals surface area contributed by atoms with Crippen molar-refractivity contribution in [3.63, 3.8) is 0 Å². The van der Waals surface area contributed by atoms with Crippen LogP contribution in [0.1, 0.15) is 23.0 Å². The standard InChI is InChI=1S/C14H14N4O2S/c1-3-20-14(19)9-7(2)16-13-11(12(15)17-18-13)10(9)8-5-4-6-21-8/h4-6H,3H2,1-2H3,(H3,15,16,17,18). The Bertz CT molecular complexity index is 808. The van der Waals surface area contributed by atoms with E-state index >= 15 is 0 Å². The maximum absolute atomic E-state index is 12.3. The van der Waals surface area contributed by atoms with E-state index in [1.165, 1.54) is 11.3 Å². The SMILES string of the molecule is CCOC(=O)c1c(C)nc2n[nH]c(N)c2c1-c1cccs1. The molecule has 0 radical (unpaired) electrons. The molecular formula is C14H14N4O2S. The predicted octanol–water partition coefficient (Wildman–Crippen LogP) is 2.75. The first-order valence-corrected chi connectivity index (χ1v) is 7.36. The van der Waals surface area contributed by atoms with Crippen LogP contribution in [0.2, 0.25) is 0 Å². The summed E-state index contributed by atoms with van der Waals surface area (Å²) in [7, 11) is 0. The zero-order valence-corrected chi connectivity index (χ0v) is 12.5. The second kappa shape index (κ2) is 5.17. The van der Waals surface area contributed by atoms with Crippen LogP contribution in [0.25, 0.3) is 21.5 Å². The van der Waals surface area contributed by atoms with E-state index in [9.17, 15) is 4.79 Å². The number of aromatic nitrogens is 3. The molecule has 0 fully saturated rings. The van der Waals surface area contributed by atoms with Crippen molar-refractivity contribution in [2.75, 3.05) is 12.3 Å². The highest BCUT2D eigenvalue weighted by molar-refractivity contribution is 7.13. The molecule has 6 nitrogen and oxygen atoms in total. The predicted molar refractivity (Wildman–Crippen MR) is 82.3 cm³/mol. The number of nitrogens with two attached hydrogens (primary N) is 1. The Kier molecular flexibility index (Phi) is 3.34. The summed E-state index contributed by atoms with van der Waals surface area (Å²) in [5.41, 5.74) is 8.23. The largest absolute Gasteiger partial charge is 0.462 e. The van der Waals surface area contributed by atoms with Crippen molar-refractivity contribution in [2.45, 2.75) is 13.8 Å². The third-order valence-corrected chi connectivity index (χ3v) is 4.05. The van der Waals surface area contributed by atoms with Crippen molar-refractivity contribution in [3.05, 3.63) is 28.8 Å². The van der Waals surface area contributed by atoms with E-state index in [-0.39, 0.29) is 0 Å². The molecule has 0 unspecified atom stereocenters. The van der Waals surface area contributed by atoms with Crippen LogP contribution in [0.5, 0.6) is 0 Å². The van der Waals surface area contributed by atoms with E-state index in [2.05, 4.69) is 15.2 Å². The van der Waals surface area contributed by atoms with Crippen LogP contribution in [0.4, 0.5) is 5.82 Å². The third-order valence-electron chi connectivity index (χ3n) is 3.16. The molecule has 3 heterocycles. The van der Waals surface area contributed by atoms with E-state index < -0.39 is 5.97 Å². The van der Waals surface area contributed by atoms with Gasteiger partial charge < -0.3 is 10.5 Å². The molecule has 0 aliphatic carbocycles. The van der Waals surface area contributed by atoms with Crippen LogP contribution in [-0.2, 0) is 4.74 Å². The minimum Gasteiger partial charge on any atom is -0.462 e. The minimum atomic E-state index is -0.395. The lowest BCUT2D eigenvalue weighted by atomic mass is 10.0. The number of carbonyl (C=O) groups excluding carboxylic acids is 1. The second-order valence-electron chi connectivity index (χ2n) is 4.48. The summed E-state index contributed by atoms with van der Waals surface area (Å²) in [6, 6.07) is 3.86. The van der Waals surface area contributed by atoms with Crippen LogP contribution in [0, 0.1) is 6.92 Å². The lowest BCUT2D eigenvalue weighted by Crippen LogP contribution is -2.10. The van der Waals surface area contributed by atoms with Gasteiger partial charge in [-0.05, 0) is 25.3 Å². The number of fused-ring (bicyclic) bond motifs is 1. The average molecular weight is 302 g/mol. The molecule has 0 amide bonds. The van der Waals surface area contributed by atoms with Crippen LogP contribution >= 0.6 is 11.3 Å². The molecule has 7 heteroatoms. The molecular weight excluding hydrogens is 288 g/mol. The number of thiophene rings is 1. The Morgan fingerprint density at radius 2 is 2.33 bits per heavy atom. The molecule has 3 rings (SSSR count). The van der Waals surface area contributed by atoms with E-state index in [4.69, 9.17) is 10.5 Å². The number of anilines is 1. The van der Waals surface area contributed by atoms with E-state index in [0.717, 1.165) is 10.4 Å². The Labute approximate surface area is 125 Å². The van der Waals surface area contributed by atoms with Crippen molar-refractivity contribution in [2.24, 2.45) is 0 Å². The highest BCUT2D eigenvalue weighted by Gasteiger charge is 2.24. The molecule has 0 bridgehead atoms. The summed E-state index contributed by atoms with van der Waals surface area (Å²) in [6.07, 6.45) is 0. The van der Waals surface area contributed by atoms with Gasteiger partial charge >= 0.3 is 5.97 Å². The number of H-pyrrole nitrogens is 1. The average Bonchev–Trinajstić information content (AvgIpc) is 3.08. The van der Waals surface area contributed by atoms with Gasteiger partial charge in [0.05, 0.1) is 23.3 Å². The molecule has 0 saturated heterocycles. The van der Waals surface area contributed by atoms with Gasteiger partial charge in [0.1, 0.15) is 5.82 Å². The molecule has 3 aromatic rings. The number of pyridine rings is 1. The number of esters is 1. The topological polar surface area (TPSA) is 93.9 Å². The Hall–Kier alpha value is -2.41. The van der Waals surface area contributed by atoms with Crippen LogP contribution in [0.3, 0.4) is 0 Å². The molecule has 108 valence electrons. The van der Waals surface area contributed by atoms with Gasteiger partial charge in [-0.3, -0.25) is 5.10 Å². The summed E-state index contributed by atoms with van der Waals surface area (Å²) < 4.78 is 5.17. The number of hydrogen-bond acceptors (Lipinski definition) is 6. The van der Waals surface area contributed by atoms with Gasteiger partial charge in [0, 0.05) is 10.4 Å². The molecule has 0 aliphatic heterocycles. The number of carbonyl (C=O) groups is 1. The highest BCUT2D eigenvalue weighted by Crippen LogP contribution is 2.37. The van der Waals surface area contributed by atoms with Crippen LogP contribution in [-0.4, -0.2) is 27.8 Å². The Balaban J connectivity index is 2.40. The highest BCUT2D eigenvalue weighted by atomic mass is 32.1. The molecule has 21 heavy (non-hydrogen) atoms. The minimum absolute atomic E-state index is 0.307. The summed E-state index contributed by atoms with van der Waals surface area (Å²) in [4.78, 5) is 17.6. The first kappa shape index (κ1) is 13.6. The molecule has 0 spiro atoms. The van der Waals surface area contributed by atoms with Gasteiger partial charge in [-0.25, -0.2) is 9.78 Å². The van der Waals surface area contributed by atoms with Gasteiger partial charge in [-0.15, -0.1) is 11.3 Å². The maximum atomic E-state index is 12.3. The number of aromatic amines is 1. The number of ether oxygens (including phenoxy) is 1. The molecule has 3 aromatic heterocycles. The third kappa shape index (κ3) is 2.15. The van der Waals surface area contributed by atoms with Gasteiger partial charge in [0.25, 0.3) is 0 Å². The number of nitrogens with zero attached hydrogens (tertiary/aromatic N) is 2. The zero-order chi connectivity index (χ0) is 15.0. The summed E-state index contributed by atoms with van der Waals surface area (Å²) in [5, 5.41) is 9.41. The molecule has 3 N–H and O–H groups in total. The lowest BCUT2D eigenvalue weighted by Gasteiger charge is -2.11. The van der Waals surface area contributed by atoms with Gasteiger partial charge in [0.2, 0.25) is 0 Å². The van der Waals surface area contributed by atoms with Crippen LogP contribution < -0.4 is 5.73 Å². The summed E-state index contributed by atoms with van der Waals surface area (Å²) in [6.45, 7) is 3.85. The van der Waals surface area contributed by atoms with Crippen molar-refractivity contribution in [3.8, 4) is 10.4 Å². The summed E-state index contributed by atoms with van der Waals surface area (Å²) in [5.74, 6) is -0.000140. The number of aryl methyl sites for hydroxylation is 1. The number of hydrogen-bond donors (Lipinski definition) is 2. The molecule has 0 aromatic carbocycles. The Morgan fingerprint density at radius 1 is 1.52 bits per heavy atom. The Morgan fingerprint density at radius 3 is 3.00 bits per heavy atom. The first-order chi connectivity index (χ1) is 10.1. The number of nitrogens with one attached hydrogen (secondary N) is 1. The van der Waals surface area contributed by atoms with Gasteiger partial charge in [-0.1, -0.05) is 6.07 Å². The number of nitrogen functional groups attached to an aromatic ring is 1. The quantitative estimate of drug-likeness (QED) is 0.725. The van der Waals surface area contributed by atoms with Crippen molar-refractivity contribution in [1.82, 2.24) is 15.2 Å². The molecule has 0 atom stereocenters. The van der Waals surface area contributed by atoms with Crippen LogP contribution in [0.15, 0.2) is 17.5 Å². The maximum Gasteiger partial charge on any atom is 0.340 e. The number of rotatable bonds is 3. The van der Waals surface area contributed by atoms with E-state index in [1.807, 2.05) is 17.5 Å². The summed E-state index contributed by atoms with van der Waals surface area (Å²) >= 11 is 1.53. The fourth-order valence-corrected chi connectivity index (χ4v) is 3.10. The van der Waals surface area contributed by atoms with E-state index in [1.54, 1.807) is 13.8 Å². The molecule has 0 aliphatic rings. The van der Waals surface area contributed by atoms with E-state index in [0.29, 0.717) is 34.7 Å². The first-order valence-electron chi connectivity index (χ1n) is 6.48. The van der Waals surface area contributed by atoms with Gasteiger partial charge in [-0.2, -0.15) is 5.10 Å². The zero-order valence-electron chi connectivity index (χ0n) is 11.6. The second-order valence-corrected chi connectivity index (χ2v) is 5.43. The smallest absolute Gasteiger partial charge is 0.340 e. The van der Waals surface area contributed by atoms with Crippen molar-refractivity contribution >= 4 is 34.2 Å². The van der Waals surface area contributed by atoms with Crippen molar-refractivity contribution < 1.29 is 9.53 Å². The molecule has 0 saturated carbocycles.